The van der Waals surface area contributed by atoms with E-state index in [-0.39, 0.29) is 5.41 Å². The first kappa shape index (κ1) is 15.3. The van der Waals surface area contributed by atoms with Crippen molar-refractivity contribution in [3.63, 3.8) is 0 Å². The van der Waals surface area contributed by atoms with E-state index in [9.17, 15) is 5.11 Å². The number of hydrogen-bond donors (Lipinski definition) is 2. The summed E-state index contributed by atoms with van der Waals surface area (Å²) in [6.45, 7) is 9.24. The lowest BCUT2D eigenvalue weighted by molar-refractivity contribution is 0.0185. The maximum absolute atomic E-state index is 10.4. The molecule has 112 valence electrons. The minimum Gasteiger partial charge on any atom is -0.388 e. The molecule has 0 aromatic heterocycles. The van der Waals surface area contributed by atoms with Gasteiger partial charge in [-0.05, 0) is 43.0 Å². The molecule has 1 aliphatic rings. The zero-order valence-electron chi connectivity index (χ0n) is 13.2. The number of rotatable bonds is 3. The average molecular weight is 276 g/mol. The van der Waals surface area contributed by atoms with Crippen LogP contribution in [0.3, 0.4) is 0 Å². The lowest BCUT2D eigenvalue weighted by Gasteiger charge is -2.39. The lowest BCUT2D eigenvalue weighted by Crippen LogP contribution is -2.49. The molecule has 20 heavy (non-hydrogen) atoms. The van der Waals surface area contributed by atoms with Gasteiger partial charge in [0.25, 0.3) is 0 Å². The van der Waals surface area contributed by atoms with Crippen LogP contribution >= 0.6 is 0 Å². The van der Waals surface area contributed by atoms with Crippen molar-refractivity contribution in [2.24, 2.45) is 0 Å². The summed E-state index contributed by atoms with van der Waals surface area (Å²) in [6.07, 6.45) is 1.66. The topological polar surface area (TPSA) is 35.5 Å². The Labute approximate surface area is 123 Å². The van der Waals surface area contributed by atoms with Crippen molar-refractivity contribution in [2.45, 2.75) is 44.6 Å². The minimum absolute atomic E-state index is 0.202. The fraction of sp³-hybridized carbons (Fsp3) is 0.647. The Bertz CT molecular complexity index is 425. The normalized spacial score (nSPS) is 19.1. The van der Waals surface area contributed by atoms with Crippen LogP contribution in [0.25, 0.3) is 0 Å². The summed E-state index contributed by atoms with van der Waals surface area (Å²) < 4.78 is 0. The number of aliphatic hydroxyl groups is 1. The van der Waals surface area contributed by atoms with Crippen LogP contribution in [0.4, 0.5) is 5.69 Å². The van der Waals surface area contributed by atoms with Gasteiger partial charge in [0.05, 0.1) is 5.60 Å². The molecule has 2 rings (SSSR count). The van der Waals surface area contributed by atoms with Crippen LogP contribution in [0.1, 0.15) is 39.2 Å². The van der Waals surface area contributed by atoms with E-state index in [0.29, 0.717) is 6.54 Å². The summed E-state index contributed by atoms with van der Waals surface area (Å²) >= 11 is 0. The van der Waals surface area contributed by atoms with Crippen LogP contribution < -0.4 is 10.2 Å². The Morgan fingerprint density at radius 2 is 1.70 bits per heavy atom. The molecular weight excluding hydrogens is 248 g/mol. The number of piperidine rings is 1. The van der Waals surface area contributed by atoms with E-state index in [4.69, 9.17) is 0 Å². The zero-order valence-corrected chi connectivity index (χ0v) is 13.2. The van der Waals surface area contributed by atoms with Crippen molar-refractivity contribution in [1.29, 1.82) is 0 Å². The van der Waals surface area contributed by atoms with Gasteiger partial charge in [-0.3, -0.25) is 0 Å². The fourth-order valence-electron chi connectivity index (χ4n) is 2.86. The summed E-state index contributed by atoms with van der Waals surface area (Å²) in [5.74, 6) is 0. The molecule has 0 bridgehead atoms. The van der Waals surface area contributed by atoms with Crippen LogP contribution in [0.2, 0.25) is 0 Å². The molecule has 0 spiro atoms. The molecule has 2 N–H and O–H groups in total. The van der Waals surface area contributed by atoms with E-state index in [1.165, 1.54) is 11.3 Å². The highest BCUT2D eigenvalue weighted by Crippen LogP contribution is 2.28. The molecule has 0 atom stereocenters. The highest BCUT2D eigenvalue weighted by Gasteiger charge is 2.31. The zero-order chi connectivity index (χ0) is 14.8. The highest BCUT2D eigenvalue weighted by atomic mass is 16.3. The van der Waals surface area contributed by atoms with Gasteiger partial charge in [0.15, 0.2) is 0 Å². The standard InChI is InChI=1S/C17H28N2O/c1-16(2,3)14-5-7-15(8-6-14)19-11-9-17(20,10-12-19)13-18-4/h5-8,18,20H,9-13H2,1-4H3. The van der Waals surface area contributed by atoms with Crippen LogP contribution in [0.5, 0.6) is 0 Å². The monoisotopic (exact) mass is 276 g/mol. The van der Waals surface area contributed by atoms with Crippen LogP contribution in [-0.4, -0.2) is 37.4 Å². The second-order valence-corrected chi connectivity index (χ2v) is 7.04. The molecule has 0 unspecified atom stereocenters. The summed E-state index contributed by atoms with van der Waals surface area (Å²) in [7, 11) is 1.90. The van der Waals surface area contributed by atoms with Crippen molar-refractivity contribution >= 4 is 5.69 Å². The molecule has 0 saturated carbocycles. The summed E-state index contributed by atoms with van der Waals surface area (Å²) in [4.78, 5) is 2.37. The van der Waals surface area contributed by atoms with Gasteiger partial charge in [-0.2, -0.15) is 0 Å². The maximum Gasteiger partial charge on any atom is 0.0805 e. The summed E-state index contributed by atoms with van der Waals surface area (Å²) in [5, 5.41) is 13.5. The highest BCUT2D eigenvalue weighted by molar-refractivity contribution is 5.49. The quantitative estimate of drug-likeness (QED) is 0.890. The van der Waals surface area contributed by atoms with Crippen LogP contribution in [0.15, 0.2) is 24.3 Å². The number of likely N-dealkylation sites (N-methyl/N-ethyl adjacent to an activating group) is 1. The second-order valence-electron chi connectivity index (χ2n) is 7.04. The number of nitrogens with one attached hydrogen (secondary N) is 1. The Balaban J connectivity index is 2.01. The first-order chi connectivity index (χ1) is 9.34. The molecule has 1 aliphatic heterocycles. The smallest absolute Gasteiger partial charge is 0.0805 e. The van der Waals surface area contributed by atoms with E-state index in [2.05, 4.69) is 55.3 Å². The predicted molar refractivity (Wildman–Crippen MR) is 85.5 cm³/mol. The van der Waals surface area contributed by atoms with E-state index < -0.39 is 5.60 Å². The minimum atomic E-state index is -0.531. The van der Waals surface area contributed by atoms with E-state index in [1.54, 1.807) is 0 Å². The van der Waals surface area contributed by atoms with Crippen molar-refractivity contribution in [3.05, 3.63) is 29.8 Å². The number of anilines is 1. The molecule has 1 aromatic carbocycles. The first-order valence-corrected chi connectivity index (χ1v) is 7.57. The Hall–Kier alpha value is -1.06. The van der Waals surface area contributed by atoms with Crippen LogP contribution in [-0.2, 0) is 5.41 Å². The van der Waals surface area contributed by atoms with Gasteiger partial charge in [0, 0.05) is 25.3 Å². The van der Waals surface area contributed by atoms with Crippen molar-refractivity contribution < 1.29 is 5.11 Å². The molecule has 1 aromatic rings. The van der Waals surface area contributed by atoms with Gasteiger partial charge < -0.3 is 15.3 Å². The average Bonchev–Trinajstić information content (AvgIpc) is 2.39. The largest absolute Gasteiger partial charge is 0.388 e. The fourth-order valence-corrected chi connectivity index (χ4v) is 2.86. The maximum atomic E-state index is 10.4. The third kappa shape index (κ3) is 3.53. The summed E-state index contributed by atoms with van der Waals surface area (Å²) in [5.41, 5.74) is 2.30. The van der Waals surface area contributed by atoms with Gasteiger partial charge in [0.1, 0.15) is 0 Å². The molecule has 0 aliphatic carbocycles. The van der Waals surface area contributed by atoms with Crippen molar-refractivity contribution in [2.75, 3.05) is 31.6 Å². The molecule has 1 fully saturated rings. The Morgan fingerprint density at radius 1 is 1.15 bits per heavy atom. The molecule has 0 radical (unpaired) electrons. The Morgan fingerprint density at radius 3 is 2.15 bits per heavy atom. The van der Waals surface area contributed by atoms with Crippen molar-refractivity contribution in [3.8, 4) is 0 Å². The van der Waals surface area contributed by atoms with Crippen molar-refractivity contribution in [1.82, 2.24) is 5.32 Å². The van der Waals surface area contributed by atoms with Gasteiger partial charge in [-0.1, -0.05) is 32.9 Å². The third-order valence-corrected chi connectivity index (χ3v) is 4.30. The predicted octanol–water partition coefficient (Wildman–Crippen LogP) is 2.53. The van der Waals surface area contributed by atoms with Gasteiger partial charge in [-0.15, -0.1) is 0 Å². The van der Waals surface area contributed by atoms with E-state index in [0.717, 1.165) is 25.9 Å². The SMILES string of the molecule is CNCC1(O)CCN(c2ccc(C(C)(C)C)cc2)CC1. The Kier molecular flexibility index (Phi) is 4.40. The lowest BCUT2D eigenvalue weighted by atomic mass is 9.87. The number of benzene rings is 1. The molecule has 1 heterocycles. The molecule has 1 saturated heterocycles. The van der Waals surface area contributed by atoms with Crippen LogP contribution in [0, 0.1) is 0 Å². The number of nitrogens with zero attached hydrogens (tertiary/aromatic N) is 1. The first-order valence-electron chi connectivity index (χ1n) is 7.57. The molecule has 3 heteroatoms. The third-order valence-electron chi connectivity index (χ3n) is 4.30. The van der Waals surface area contributed by atoms with Gasteiger partial charge >= 0.3 is 0 Å². The van der Waals surface area contributed by atoms with Gasteiger partial charge in [0.2, 0.25) is 0 Å². The van der Waals surface area contributed by atoms with Gasteiger partial charge in [-0.25, -0.2) is 0 Å². The number of hydrogen-bond acceptors (Lipinski definition) is 3. The molecular formula is C17H28N2O. The van der Waals surface area contributed by atoms with E-state index >= 15 is 0 Å². The molecule has 0 amide bonds. The summed E-state index contributed by atoms with van der Waals surface area (Å²) in [6, 6.07) is 8.87. The van der Waals surface area contributed by atoms with E-state index in [1.807, 2.05) is 7.05 Å². The second kappa shape index (κ2) is 5.74. The molecule has 3 nitrogen and oxygen atoms in total.